The van der Waals surface area contributed by atoms with E-state index in [1.54, 1.807) is 0 Å². The molecule has 0 heterocycles. The van der Waals surface area contributed by atoms with E-state index in [0.29, 0.717) is 11.6 Å². The van der Waals surface area contributed by atoms with E-state index in [1.165, 1.54) is 24.3 Å². The molecule has 4 rings (SSSR count). The molecule has 0 bridgehead atoms. The van der Waals surface area contributed by atoms with Gasteiger partial charge in [-0.05, 0) is 66.0 Å². The molecule has 0 aromatic heterocycles. The lowest BCUT2D eigenvalue weighted by atomic mass is 9.66. The van der Waals surface area contributed by atoms with Gasteiger partial charge in [-0.15, -0.1) is 13.2 Å². The Morgan fingerprint density at radius 1 is 0.865 bits per heavy atom. The summed E-state index contributed by atoms with van der Waals surface area (Å²) in [5.74, 6) is -1.14. The molecule has 0 radical (unpaired) electrons. The van der Waals surface area contributed by atoms with E-state index in [4.69, 9.17) is 0 Å². The molecule has 0 N–H and O–H groups in total. The quantitative estimate of drug-likeness (QED) is 0.240. The highest BCUT2D eigenvalue weighted by Gasteiger charge is 2.35. The third kappa shape index (κ3) is 5.87. The van der Waals surface area contributed by atoms with Crippen molar-refractivity contribution in [1.29, 1.82) is 0 Å². The number of halogens is 7. The second-order valence-corrected chi connectivity index (χ2v) is 9.49. The highest BCUT2D eigenvalue weighted by atomic mass is 19.4. The summed E-state index contributed by atoms with van der Waals surface area (Å²) in [7, 11) is 0. The number of hydrogen-bond acceptors (Lipinski definition) is 1. The summed E-state index contributed by atoms with van der Waals surface area (Å²) in [5.41, 5.74) is 0.153. The zero-order valence-corrected chi connectivity index (χ0v) is 20.2. The summed E-state index contributed by atoms with van der Waals surface area (Å²) in [5, 5.41) is -0.402. The van der Waals surface area contributed by atoms with Gasteiger partial charge in [0.2, 0.25) is 5.75 Å². The van der Waals surface area contributed by atoms with Crippen molar-refractivity contribution in [2.24, 2.45) is 0 Å². The molecule has 0 amide bonds. The molecule has 0 atom stereocenters. The maximum atomic E-state index is 15.1. The van der Waals surface area contributed by atoms with Crippen LogP contribution < -0.4 is 4.74 Å². The van der Waals surface area contributed by atoms with Crippen molar-refractivity contribution in [2.45, 2.75) is 70.1 Å². The van der Waals surface area contributed by atoms with Crippen LogP contribution in [0.3, 0.4) is 0 Å². The summed E-state index contributed by atoms with van der Waals surface area (Å²) in [6.07, 6.45) is 2.48. The molecule has 1 aliphatic rings. The first kappa shape index (κ1) is 26.8. The Balaban J connectivity index is 1.66. The Labute approximate surface area is 210 Å². The lowest BCUT2D eigenvalue weighted by Crippen LogP contribution is -2.29. The number of fused-ring (bicyclic) bond motifs is 1. The summed E-state index contributed by atoms with van der Waals surface area (Å²) >= 11 is 0. The van der Waals surface area contributed by atoms with Crippen molar-refractivity contribution in [3.05, 3.63) is 76.4 Å². The van der Waals surface area contributed by atoms with Crippen molar-refractivity contribution < 1.29 is 35.5 Å². The fraction of sp³-hybridized carbons (Fsp3) is 0.379. The van der Waals surface area contributed by atoms with Crippen molar-refractivity contribution in [2.75, 3.05) is 0 Å². The van der Waals surface area contributed by atoms with E-state index in [-0.39, 0.29) is 21.8 Å². The molecular weight excluding hydrogens is 497 g/mol. The Morgan fingerprint density at radius 2 is 1.54 bits per heavy atom. The van der Waals surface area contributed by atoms with Crippen LogP contribution in [-0.4, -0.2) is 6.36 Å². The molecule has 1 saturated carbocycles. The second-order valence-electron chi connectivity index (χ2n) is 9.49. The van der Waals surface area contributed by atoms with Crippen LogP contribution in [0.2, 0.25) is 0 Å². The van der Waals surface area contributed by atoms with Crippen molar-refractivity contribution in [3.63, 3.8) is 0 Å². The van der Waals surface area contributed by atoms with Crippen LogP contribution in [0, 0.1) is 35.1 Å². The van der Waals surface area contributed by atoms with Crippen LogP contribution in [0.15, 0.2) is 36.4 Å². The first-order valence-electron chi connectivity index (χ1n) is 12.2. The van der Waals surface area contributed by atoms with Gasteiger partial charge in [0.05, 0.1) is 5.56 Å². The highest BCUT2D eigenvalue weighted by molar-refractivity contribution is 5.86. The number of unbranched alkanes of at least 4 members (excludes halogenated alkanes) is 1. The van der Waals surface area contributed by atoms with Gasteiger partial charge >= 0.3 is 6.36 Å². The van der Waals surface area contributed by atoms with Gasteiger partial charge in [-0.2, -0.15) is 0 Å². The molecule has 3 aromatic rings. The minimum Gasteiger partial charge on any atom is -0.399 e. The Bertz CT molecular complexity index is 1340. The number of alkyl halides is 3. The van der Waals surface area contributed by atoms with Gasteiger partial charge in [-0.25, -0.2) is 17.6 Å². The van der Waals surface area contributed by atoms with Gasteiger partial charge in [0.25, 0.3) is 0 Å². The first-order valence-corrected chi connectivity index (χ1v) is 12.2. The zero-order chi connectivity index (χ0) is 26.8. The minimum atomic E-state index is -5.27. The molecule has 196 valence electrons. The van der Waals surface area contributed by atoms with E-state index in [2.05, 4.69) is 23.5 Å². The predicted octanol–water partition coefficient (Wildman–Crippen LogP) is 9.09. The molecule has 0 aliphatic heterocycles. The summed E-state index contributed by atoms with van der Waals surface area (Å²) in [6, 6.07) is 6.99. The standard InChI is InChI=1S/C29H25F7O/c1-2-3-11-28(12-5-4-6-13-28)20-16-23(30)22(24(31)17-20)10-8-18-7-9-21-19(14-18)15-25(32)27(26(21)33)37-29(34,35)36/h7,9,14-17H,2-6,11-13H2,1H3. The SMILES string of the molecule is CCCCC1(c2cc(F)c(C#Cc3ccc4c(F)c(OC(F)(F)F)c(F)cc4c3)c(F)c2)CCCCC1. The van der Waals surface area contributed by atoms with Crippen LogP contribution in [0.1, 0.15) is 75.0 Å². The summed E-state index contributed by atoms with van der Waals surface area (Å²) in [4.78, 5) is 0. The third-order valence-corrected chi connectivity index (χ3v) is 7.01. The molecule has 1 fully saturated rings. The second kappa shape index (κ2) is 10.6. The molecular formula is C29H25F7O. The summed E-state index contributed by atoms with van der Waals surface area (Å²) in [6.45, 7) is 2.08. The van der Waals surface area contributed by atoms with Crippen LogP contribution in [0.5, 0.6) is 5.75 Å². The van der Waals surface area contributed by atoms with E-state index >= 15 is 8.78 Å². The molecule has 0 saturated heterocycles. The molecule has 8 heteroatoms. The largest absolute Gasteiger partial charge is 0.573 e. The zero-order valence-electron chi connectivity index (χ0n) is 20.2. The van der Waals surface area contributed by atoms with Crippen molar-refractivity contribution in [3.8, 4) is 17.6 Å². The van der Waals surface area contributed by atoms with E-state index < -0.39 is 40.9 Å². The number of ether oxygens (including phenoxy) is 1. The summed E-state index contributed by atoms with van der Waals surface area (Å²) < 4.78 is 99.5. The highest BCUT2D eigenvalue weighted by Crippen LogP contribution is 2.44. The van der Waals surface area contributed by atoms with Crippen LogP contribution >= 0.6 is 0 Å². The predicted molar refractivity (Wildman–Crippen MR) is 127 cm³/mol. The first-order chi connectivity index (χ1) is 17.5. The van der Waals surface area contributed by atoms with Crippen LogP contribution in [-0.2, 0) is 5.41 Å². The topological polar surface area (TPSA) is 9.23 Å². The van der Waals surface area contributed by atoms with Gasteiger partial charge in [0.15, 0.2) is 11.6 Å². The smallest absolute Gasteiger partial charge is 0.399 e. The van der Waals surface area contributed by atoms with E-state index in [9.17, 15) is 22.0 Å². The van der Waals surface area contributed by atoms with Gasteiger partial charge < -0.3 is 4.74 Å². The third-order valence-electron chi connectivity index (χ3n) is 7.01. The molecule has 0 spiro atoms. The maximum Gasteiger partial charge on any atom is 0.573 e. The van der Waals surface area contributed by atoms with Crippen LogP contribution in [0.25, 0.3) is 10.8 Å². The monoisotopic (exact) mass is 522 g/mol. The number of hydrogen-bond donors (Lipinski definition) is 0. The van der Waals surface area contributed by atoms with Crippen molar-refractivity contribution in [1.82, 2.24) is 0 Å². The lowest BCUT2D eigenvalue weighted by Gasteiger charge is -2.38. The minimum absolute atomic E-state index is 0.0808. The normalized spacial score (nSPS) is 15.4. The Kier molecular flexibility index (Phi) is 7.72. The molecule has 0 unspecified atom stereocenters. The molecule has 1 nitrogen and oxygen atoms in total. The number of benzene rings is 3. The van der Waals surface area contributed by atoms with Crippen LogP contribution in [0.4, 0.5) is 30.7 Å². The van der Waals surface area contributed by atoms with Gasteiger partial charge in [0, 0.05) is 10.9 Å². The number of rotatable bonds is 5. The van der Waals surface area contributed by atoms with Gasteiger partial charge in [0.1, 0.15) is 11.6 Å². The Hall–Kier alpha value is -3.21. The average molecular weight is 523 g/mol. The Morgan fingerprint density at radius 3 is 2.16 bits per heavy atom. The molecule has 1 aliphatic carbocycles. The molecule has 3 aromatic carbocycles. The molecule has 37 heavy (non-hydrogen) atoms. The lowest BCUT2D eigenvalue weighted by molar-refractivity contribution is -0.276. The fourth-order valence-electron chi connectivity index (χ4n) is 5.16. The van der Waals surface area contributed by atoms with Gasteiger partial charge in [-0.3, -0.25) is 0 Å². The van der Waals surface area contributed by atoms with E-state index in [1.807, 2.05) is 0 Å². The maximum absolute atomic E-state index is 15.1. The average Bonchev–Trinajstić information content (AvgIpc) is 2.84. The van der Waals surface area contributed by atoms with Crippen molar-refractivity contribution >= 4 is 10.8 Å². The fourth-order valence-corrected chi connectivity index (χ4v) is 5.16. The van der Waals surface area contributed by atoms with E-state index in [0.717, 1.165) is 57.4 Å². The van der Waals surface area contributed by atoms with Gasteiger partial charge in [-0.1, -0.05) is 56.9 Å².